The Morgan fingerprint density at radius 2 is 0.837 bits per heavy atom. The van der Waals surface area contributed by atoms with Gasteiger partial charge in [-0.3, -0.25) is 0 Å². The van der Waals surface area contributed by atoms with E-state index in [1.165, 1.54) is 0 Å². The fourth-order valence-electron chi connectivity index (χ4n) is 6.42. The van der Waals surface area contributed by atoms with Crippen LogP contribution < -0.4 is 0 Å². The largest absolute Gasteiger partial charge is 0.453 e. The fourth-order valence-corrected chi connectivity index (χ4v) is 6.42. The minimum atomic E-state index is 0.597. The van der Waals surface area contributed by atoms with Crippen molar-refractivity contribution in [1.82, 2.24) is 19.9 Å². The van der Waals surface area contributed by atoms with E-state index < -0.39 is 0 Å². The summed E-state index contributed by atoms with van der Waals surface area (Å²) in [5.74, 6) is 2.63. The summed E-state index contributed by atoms with van der Waals surface area (Å²) in [6.45, 7) is 0. The fraction of sp³-hybridized carbons (Fsp3) is 0. The molecule has 49 heavy (non-hydrogen) atoms. The first kappa shape index (κ1) is 28.5. The van der Waals surface area contributed by atoms with Crippen LogP contribution >= 0.6 is 0 Å². The quantitative estimate of drug-likeness (QED) is 0.183. The van der Waals surface area contributed by atoms with E-state index in [9.17, 15) is 0 Å². The van der Waals surface area contributed by atoms with Gasteiger partial charge in [-0.2, -0.15) is 0 Å². The molecule has 3 heterocycles. The number of furan rings is 1. The Balaban J connectivity index is 1.31. The molecule has 0 saturated carbocycles. The van der Waals surface area contributed by atoms with E-state index in [-0.39, 0.29) is 0 Å². The summed E-state index contributed by atoms with van der Waals surface area (Å²) >= 11 is 0. The summed E-state index contributed by atoms with van der Waals surface area (Å²) in [6.07, 6.45) is 0. The molecule has 5 heteroatoms. The first-order valence-corrected chi connectivity index (χ1v) is 16.2. The molecule has 0 spiro atoms. The SMILES string of the molecule is c1ccc(-c2nc(-c3ccccc3)nc(-c3cccc(-c4c(-c5ccccc5)oc5c(-c6ccccc6)nc6ccccc6c45)c3)n2)cc1. The lowest BCUT2D eigenvalue weighted by Crippen LogP contribution is -2.00. The monoisotopic (exact) mass is 628 g/mol. The third-order valence-corrected chi connectivity index (χ3v) is 8.72. The number of nitrogens with zero attached hydrogens (tertiary/aromatic N) is 4. The molecule has 3 aromatic heterocycles. The van der Waals surface area contributed by atoms with Gasteiger partial charge in [0.05, 0.1) is 5.52 Å². The van der Waals surface area contributed by atoms with Crippen LogP contribution in [0.1, 0.15) is 0 Å². The Hall–Kier alpha value is -6.72. The molecule has 0 unspecified atom stereocenters. The van der Waals surface area contributed by atoms with Gasteiger partial charge in [0.1, 0.15) is 11.5 Å². The van der Waals surface area contributed by atoms with E-state index in [0.29, 0.717) is 17.5 Å². The van der Waals surface area contributed by atoms with E-state index >= 15 is 0 Å². The summed E-state index contributed by atoms with van der Waals surface area (Å²) in [7, 11) is 0. The second kappa shape index (κ2) is 12.1. The molecule has 0 saturated heterocycles. The second-order valence-electron chi connectivity index (χ2n) is 11.8. The molecule has 0 aliphatic carbocycles. The standard InChI is InChI=1S/C44H28N4O/c1-5-16-29(17-6-1)39-41-38(35-26-13-14-27-36(35)45-39)37(40(49-41)30-18-7-2-8-19-30)33-24-15-25-34(28-33)44-47-42(31-20-9-3-10-21-31)46-43(48-44)32-22-11-4-12-23-32/h1-28H. The number of rotatable bonds is 6. The predicted octanol–water partition coefficient (Wildman–Crippen LogP) is 11.2. The zero-order chi connectivity index (χ0) is 32.6. The number of hydrogen-bond acceptors (Lipinski definition) is 5. The van der Waals surface area contributed by atoms with Crippen molar-refractivity contribution in [3.8, 4) is 67.9 Å². The molecule has 6 aromatic carbocycles. The van der Waals surface area contributed by atoms with Crippen molar-refractivity contribution >= 4 is 21.9 Å². The molecule has 0 amide bonds. The van der Waals surface area contributed by atoms with E-state index in [1.807, 2.05) is 103 Å². The summed E-state index contributed by atoms with van der Waals surface area (Å²) < 4.78 is 6.93. The lowest BCUT2D eigenvalue weighted by Gasteiger charge is -2.11. The van der Waals surface area contributed by atoms with Crippen molar-refractivity contribution in [2.45, 2.75) is 0 Å². The van der Waals surface area contributed by atoms with Crippen molar-refractivity contribution in [3.05, 3.63) is 170 Å². The summed E-state index contributed by atoms with van der Waals surface area (Å²) in [6, 6.07) is 57.3. The average Bonchev–Trinajstić information content (AvgIpc) is 3.60. The number of benzene rings is 6. The highest BCUT2D eigenvalue weighted by Gasteiger charge is 2.24. The first-order chi connectivity index (χ1) is 24.3. The maximum atomic E-state index is 6.93. The molecule has 230 valence electrons. The van der Waals surface area contributed by atoms with Crippen molar-refractivity contribution in [2.24, 2.45) is 0 Å². The Bertz CT molecular complexity index is 2530. The summed E-state index contributed by atoms with van der Waals surface area (Å²) in [4.78, 5) is 20.1. The molecule has 0 radical (unpaired) electrons. The number of fused-ring (bicyclic) bond motifs is 3. The Kier molecular flexibility index (Phi) is 7.06. The smallest absolute Gasteiger partial charge is 0.164 e. The lowest BCUT2D eigenvalue weighted by molar-refractivity contribution is 0.632. The average molecular weight is 629 g/mol. The van der Waals surface area contributed by atoms with Crippen molar-refractivity contribution in [2.75, 3.05) is 0 Å². The Labute approximate surface area is 283 Å². The maximum Gasteiger partial charge on any atom is 0.164 e. The van der Waals surface area contributed by atoms with Gasteiger partial charge in [-0.1, -0.05) is 158 Å². The second-order valence-corrected chi connectivity index (χ2v) is 11.8. The number of hydrogen-bond donors (Lipinski definition) is 0. The highest BCUT2D eigenvalue weighted by Crippen LogP contribution is 2.46. The number of para-hydroxylation sites is 1. The van der Waals surface area contributed by atoms with Crippen LogP contribution in [-0.4, -0.2) is 19.9 Å². The molecule has 0 aliphatic heterocycles. The van der Waals surface area contributed by atoms with Crippen molar-refractivity contribution in [1.29, 1.82) is 0 Å². The molecule has 9 aromatic rings. The van der Waals surface area contributed by atoms with Crippen LogP contribution in [-0.2, 0) is 0 Å². The molecule has 5 nitrogen and oxygen atoms in total. The molecule has 0 fully saturated rings. The number of pyridine rings is 1. The third kappa shape index (κ3) is 5.24. The lowest BCUT2D eigenvalue weighted by atomic mass is 9.94. The van der Waals surface area contributed by atoms with Gasteiger partial charge in [0.2, 0.25) is 0 Å². The van der Waals surface area contributed by atoms with Gasteiger partial charge in [0.25, 0.3) is 0 Å². The number of aromatic nitrogens is 4. The van der Waals surface area contributed by atoms with Gasteiger partial charge in [-0.15, -0.1) is 0 Å². The minimum absolute atomic E-state index is 0.597. The van der Waals surface area contributed by atoms with Gasteiger partial charge >= 0.3 is 0 Å². The topological polar surface area (TPSA) is 64.7 Å². The normalized spacial score (nSPS) is 11.3. The molecule has 0 bridgehead atoms. The Morgan fingerprint density at radius 3 is 1.45 bits per heavy atom. The van der Waals surface area contributed by atoms with E-state index in [2.05, 4.69) is 66.7 Å². The van der Waals surface area contributed by atoms with Crippen LogP contribution in [0.15, 0.2) is 174 Å². The van der Waals surface area contributed by atoms with E-state index in [4.69, 9.17) is 24.4 Å². The van der Waals surface area contributed by atoms with Gasteiger partial charge in [0.15, 0.2) is 23.1 Å². The molecule has 0 aliphatic rings. The highest BCUT2D eigenvalue weighted by atomic mass is 16.3. The maximum absolute atomic E-state index is 6.93. The Morgan fingerprint density at radius 1 is 0.367 bits per heavy atom. The zero-order valence-corrected chi connectivity index (χ0v) is 26.4. The highest BCUT2D eigenvalue weighted by molar-refractivity contribution is 6.18. The van der Waals surface area contributed by atoms with Crippen LogP contribution in [0.4, 0.5) is 0 Å². The minimum Gasteiger partial charge on any atom is -0.453 e. The molecular formula is C44H28N4O. The zero-order valence-electron chi connectivity index (χ0n) is 26.4. The molecule has 0 N–H and O–H groups in total. The molecule has 0 atom stereocenters. The molecule has 9 rings (SSSR count). The van der Waals surface area contributed by atoms with Gasteiger partial charge < -0.3 is 4.42 Å². The van der Waals surface area contributed by atoms with Crippen LogP contribution in [0, 0.1) is 0 Å². The van der Waals surface area contributed by atoms with Gasteiger partial charge in [0, 0.05) is 44.2 Å². The first-order valence-electron chi connectivity index (χ1n) is 16.2. The molecular weight excluding hydrogens is 601 g/mol. The third-order valence-electron chi connectivity index (χ3n) is 8.72. The van der Waals surface area contributed by atoms with Crippen LogP contribution in [0.5, 0.6) is 0 Å². The van der Waals surface area contributed by atoms with Gasteiger partial charge in [-0.05, 0) is 17.7 Å². The van der Waals surface area contributed by atoms with Gasteiger partial charge in [-0.25, -0.2) is 19.9 Å². The summed E-state index contributed by atoms with van der Waals surface area (Å²) in [5, 5.41) is 2.05. The van der Waals surface area contributed by atoms with E-state index in [1.54, 1.807) is 0 Å². The van der Waals surface area contributed by atoms with E-state index in [0.717, 1.165) is 72.3 Å². The van der Waals surface area contributed by atoms with Crippen LogP contribution in [0.3, 0.4) is 0 Å². The van der Waals surface area contributed by atoms with Crippen molar-refractivity contribution < 1.29 is 4.42 Å². The van der Waals surface area contributed by atoms with Crippen molar-refractivity contribution in [3.63, 3.8) is 0 Å². The van der Waals surface area contributed by atoms with Crippen LogP contribution in [0.2, 0.25) is 0 Å². The summed E-state index contributed by atoms with van der Waals surface area (Å²) in [5.41, 5.74) is 9.19. The van der Waals surface area contributed by atoms with Crippen LogP contribution in [0.25, 0.3) is 89.7 Å². The predicted molar refractivity (Wildman–Crippen MR) is 198 cm³/mol.